The molecule has 43 heavy (non-hydrogen) atoms. The lowest BCUT2D eigenvalue weighted by molar-refractivity contribution is -0.136. The van der Waals surface area contributed by atoms with Crippen molar-refractivity contribution in [1.82, 2.24) is 20.6 Å². The highest BCUT2D eigenvalue weighted by atomic mass is 19.1. The lowest BCUT2D eigenvalue weighted by atomic mass is 9.99. The molecular weight excluding hydrogens is 560 g/mol. The number of rotatable bonds is 10. The van der Waals surface area contributed by atoms with Gasteiger partial charge in [0.1, 0.15) is 12.4 Å². The van der Waals surface area contributed by atoms with E-state index < -0.39 is 24.3 Å². The van der Waals surface area contributed by atoms with Gasteiger partial charge in [0.2, 0.25) is 0 Å². The van der Waals surface area contributed by atoms with Crippen LogP contribution >= 0.6 is 0 Å². The van der Waals surface area contributed by atoms with E-state index in [1.54, 1.807) is 37.6 Å². The Bertz CT molecular complexity index is 1600. The number of carbonyl (C=O) groups is 2. The maximum atomic E-state index is 15.0. The van der Waals surface area contributed by atoms with Gasteiger partial charge in [-0.1, -0.05) is 6.07 Å². The average molecular weight is 592 g/mol. The number of fused-ring (bicyclic) bond motifs is 1. The zero-order valence-corrected chi connectivity index (χ0v) is 23.5. The Balaban J connectivity index is 1.23. The van der Waals surface area contributed by atoms with E-state index in [4.69, 9.17) is 14.2 Å². The van der Waals surface area contributed by atoms with Gasteiger partial charge in [0, 0.05) is 42.1 Å². The molecule has 1 aliphatic heterocycles. The Morgan fingerprint density at radius 3 is 2.53 bits per heavy atom. The van der Waals surface area contributed by atoms with E-state index in [-0.39, 0.29) is 23.7 Å². The van der Waals surface area contributed by atoms with E-state index in [1.807, 2.05) is 0 Å². The van der Waals surface area contributed by atoms with Crippen molar-refractivity contribution >= 4 is 28.4 Å². The van der Waals surface area contributed by atoms with E-state index in [1.165, 1.54) is 24.4 Å². The van der Waals surface area contributed by atoms with E-state index in [2.05, 4.69) is 25.9 Å². The molecule has 10 nitrogen and oxygen atoms in total. The van der Waals surface area contributed by atoms with Gasteiger partial charge >= 0.3 is 11.8 Å². The Kier molecular flexibility index (Phi) is 9.57. The number of alkyl halides is 1. The molecule has 3 heterocycles. The second kappa shape index (κ2) is 13.9. The monoisotopic (exact) mass is 591 g/mol. The number of piperidine rings is 1. The molecule has 1 fully saturated rings. The molecule has 0 unspecified atom stereocenters. The highest BCUT2D eigenvalue weighted by Crippen LogP contribution is 2.38. The number of carbonyl (C=O) groups excluding carboxylic acids is 2. The summed E-state index contributed by atoms with van der Waals surface area (Å²) in [7, 11) is 1.55. The molecule has 5 rings (SSSR count). The van der Waals surface area contributed by atoms with Gasteiger partial charge in [-0.2, -0.15) is 0 Å². The first-order valence-corrected chi connectivity index (χ1v) is 13.8. The summed E-state index contributed by atoms with van der Waals surface area (Å²) in [5.74, 6) is -0.876. The van der Waals surface area contributed by atoms with Gasteiger partial charge in [0.05, 0.1) is 24.9 Å². The normalized spacial score (nSPS) is 13.4. The van der Waals surface area contributed by atoms with Gasteiger partial charge in [-0.05, 0) is 67.7 Å². The molecular formula is C31H31F2N5O5. The van der Waals surface area contributed by atoms with Crippen LogP contribution in [0.2, 0.25) is 0 Å². The Labute approximate surface area is 246 Å². The lowest BCUT2D eigenvalue weighted by Gasteiger charge is -2.23. The summed E-state index contributed by atoms with van der Waals surface area (Å²) in [5, 5.41) is 8.73. The summed E-state index contributed by atoms with van der Waals surface area (Å²) < 4.78 is 45.2. The molecule has 2 aromatic carbocycles. The van der Waals surface area contributed by atoms with Crippen LogP contribution in [0.25, 0.3) is 10.9 Å². The minimum Gasteiger partial charge on any atom is -0.493 e. The van der Waals surface area contributed by atoms with Crippen molar-refractivity contribution < 1.29 is 32.6 Å². The zero-order valence-electron chi connectivity index (χ0n) is 23.5. The molecule has 1 aliphatic rings. The second-order valence-corrected chi connectivity index (χ2v) is 10.0. The third kappa shape index (κ3) is 7.52. The summed E-state index contributed by atoms with van der Waals surface area (Å²) >= 11 is 0. The number of benzene rings is 2. The number of hydrogen-bond donors (Lipinski definition) is 3. The summed E-state index contributed by atoms with van der Waals surface area (Å²) in [6.45, 7) is 1.84. The minimum absolute atomic E-state index is 0.0173. The van der Waals surface area contributed by atoms with Crippen molar-refractivity contribution in [2.24, 2.45) is 5.92 Å². The molecule has 0 radical (unpaired) electrons. The van der Waals surface area contributed by atoms with Crippen LogP contribution in [0.4, 0.5) is 14.5 Å². The average Bonchev–Trinajstić information content (AvgIpc) is 3.04. The molecule has 3 N–H and O–H groups in total. The number of nitrogens with one attached hydrogen (secondary N) is 3. The standard InChI is InChI=1S/C31H31F2N5O5/c1-41-28-13-23-25(14-29(28)42-18-19-6-9-34-10-7-19)35-11-8-26(23)43-27-5-4-21(12-24(27)33)38-31(40)30(39)37-17-20-2-3-22(15-32)36-16-20/h2-5,8,11-14,16,19,34H,6-7,9-10,15,17-18H2,1H3,(H,37,39)(H,38,40). The fraction of sp³-hybridized carbons (Fsp3) is 0.290. The predicted octanol–water partition coefficient (Wildman–Crippen LogP) is 4.67. The van der Waals surface area contributed by atoms with Gasteiger partial charge in [-0.15, -0.1) is 0 Å². The zero-order chi connectivity index (χ0) is 30.2. The first-order chi connectivity index (χ1) is 20.9. The third-order valence-corrected chi connectivity index (χ3v) is 7.01. The topological polar surface area (TPSA) is 124 Å². The van der Waals surface area contributed by atoms with Crippen LogP contribution in [-0.4, -0.2) is 48.6 Å². The first-order valence-electron chi connectivity index (χ1n) is 13.8. The first kappa shape index (κ1) is 29.6. The number of halogens is 2. The van der Waals surface area contributed by atoms with Gasteiger partial charge < -0.3 is 30.2 Å². The van der Waals surface area contributed by atoms with E-state index in [0.717, 1.165) is 32.0 Å². The fourth-order valence-electron chi connectivity index (χ4n) is 4.61. The highest BCUT2D eigenvalue weighted by Gasteiger charge is 2.18. The largest absolute Gasteiger partial charge is 0.493 e. The third-order valence-electron chi connectivity index (χ3n) is 7.01. The number of nitrogens with zero attached hydrogens (tertiary/aromatic N) is 2. The second-order valence-electron chi connectivity index (χ2n) is 10.0. The van der Waals surface area contributed by atoms with Crippen molar-refractivity contribution in [3.63, 3.8) is 0 Å². The van der Waals surface area contributed by atoms with Gasteiger partial charge in [0.25, 0.3) is 0 Å². The molecule has 0 atom stereocenters. The number of aromatic nitrogens is 2. The molecule has 2 aromatic heterocycles. The summed E-state index contributed by atoms with van der Waals surface area (Å²) in [4.78, 5) is 32.8. The van der Waals surface area contributed by atoms with E-state index >= 15 is 4.39 Å². The van der Waals surface area contributed by atoms with Crippen LogP contribution in [0.1, 0.15) is 24.1 Å². The van der Waals surface area contributed by atoms with Gasteiger partial charge in [-0.3, -0.25) is 19.6 Å². The molecule has 224 valence electrons. The van der Waals surface area contributed by atoms with Crippen molar-refractivity contribution in [1.29, 1.82) is 0 Å². The minimum atomic E-state index is -0.980. The number of amides is 2. The van der Waals surface area contributed by atoms with Gasteiger partial charge in [-0.25, -0.2) is 8.78 Å². The molecule has 4 aromatic rings. The Hall–Kier alpha value is -4.84. The Morgan fingerprint density at radius 1 is 0.977 bits per heavy atom. The summed E-state index contributed by atoms with van der Waals surface area (Å²) in [6.07, 6.45) is 5.05. The molecule has 1 saturated heterocycles. The van der Waals surface area contributed by atoms with Crippen molar-refractivity contribution in [2.45, 2.75) is 26.1 Å². The molecule has 0 spiro atoms. The number of methoxy groups -OCH3 is 1. The van der Waals surface area contributed by atoms with Crippen LogP contribution in [0.3, 0.4) is 0 Å². The molecule has 0 bridgehead atoms. The van der Waals surface area contributed by atoms with Crippen LogP contribution < -0.4 is 30.2 Å². The SMILES string of the molecule is COc1cc2c(Oc3ccc(NC(=O)C(=O)NCc4ccc(CF)nc4)cc3F)ccnc2cc1OCC1CCNCC1. The number of anilines is 1. The summed E-state index contributed by atoms with van der Waals surface area (Å²) in [5.41, 5.74) is 1.51. The number of hydrogen-bond acceptors (Lipinski definition) is 8. The predicted molar refractivity (Wildman–Crippen MR) is 155 cm³/mol. The van der Waals surface area contributed by atoms with Crippen LogP contribution in [0, 0.1) is 11.7 Å². The van der Waals surface area contributed by atoms with Gasteiger partial charge in [0.15, 0.2) is 23.1 Å². The molecule has 0 aliphatic carbocycles. The van der Waals surface area contributed by atoms with E-state index in [9.17, 15) is 14.0 Å². The van der Waals surface area contributed by atoms with Crippen molar-refractivity contribution in [3.8, 4) is 23.0 Å². The van der Waals surface area contributed by atoms with Crippen LogP contribution in [0.5, 0.6) is 23.0 Å². The maximum absolute atomic E-state index is 15.0. The summed E-state index contributed by atoms with van der Waals surface area (Å²) in [6, 6.07) is 12.0. The van der Waals surface area contributed by atoms with Crippen LogP contribution in [-0.2, 0) is 22.8 Å². The highest BCUT2D eigenvalue weighted by molar-refractivity contribution is 6.39. The smallest absolute Gasteiger partial charge is 0.313 e. The molecule has 12 heteroatoms. The lowest BCUT2D eigenvalue weighted by Crippen LogP contribution is -2.35. The van der Waals surface area contributed by atoms with E-state index in [0.29, 0.717) is 46.2 Å². The maximum Gasteiger partial charge on any atom is 0.313 e. The number of ether oxygens (including phenoxy) is 3. The molecule has 2 amide bonds. The van der Waals surface area contributed by atoms with Crippen molar-refractivity contribution in [3.05, 3.63) is 78.0 Å². The molecule has 0 saturated carbocycles. The Morgan fingerprint density at radius 2 is 1.81 bits per heavy atom. The van der Waals surface area contributed by atoms with Crippen molar-refractivity contribution in [2.75, 3.05) is 32.1 Å². The fourth-order valence-corrected chi connectivity index (χ4v) is 4.61. The van der Waals surface area contributed by atoms with Crippen LogP contribution in [0.15, 0.2) is 60.9 Å². The number of pyridine rings is 2. The quantitative estimate of drug-likeness (QED) is 0.227.